The molecule has 40 heavy (non-hydrogen) atoms. The molecule has 0 aromatic carbocycles. The van der Waals surface area contributed by atoms with Crippen LogP contribution in [0, 0.1) is 17.3 Å². The third-order valence-corrected chi connectivity index (χ3v) is 9.45. The van der Waals surface area contributed by atoms with E-state index in [0.717, 1.165) is 0 Å². The average Bonchev–Trinajstić information content (AvgIpc) is 3.45. The van der Waals surface area contributed by atoms with Crippen LogP contribution in [0.5, 0.6) is 0 Å². The molecule has 0 aromatic rings. The van der Waals surface area contributed by atoms with E-state index in [1.165, 1.54) is 20.8 Å². The summed E-state index contributed by atoms with van der Waals surface area (Å²) in [5, 5.41) is 22.2. The fourth-order valence-corrected chi connectivity index (χ4v) is 7.34. The number of aliphatic hydroxyl groups is 1. The molecule has 2 heterocycles. The van der Waals surface area contributed by atoms with Crippen LogP contribution in [0.4, 0.5) is 0 Å². The molecule has 2 aliphatic heterocycles. The van der Waals surface area contributed by atoms with E-state index in [4.69, 9.17) is 28.6 Å². The summed E-state index contributed by atoms with van der Waals surface area (Å²) in [7, 11) is 0. The third-order valence-electron chi connectivity index (χ3n) is 9.45. The van der Waals surface area contributed by atoms with Gasteiger partial charge < -0.3 is 28.8 Å². The normalized spacial score (nSPS) is 45.4. The molecule has 0 amide bonds. The molecule has 12 nitrogen and oxygen atoms in total. The van der Waals surface area contributed by atoms with Gasteiger partial charge in [0.25, 0.3) is 0 Å². The average molecular weight is 569 g/mol. The SMILES string of the molecule is CCCC(=O)O[C@H]1C[C@H](OC(C)=O)[C@@]2(C)[C@H]([C@H]1C)[C@H](O)[C@]13O[C@@]1(C)C(=O)O[C@H]3[C@@H](OO)/C(C)=C\C[C@@H]2OC(C)=O. The van der Waals surface area contributed by atoms with Crippen LogP contribution in [0.1, 0.15) is 74.1 Å². The van der Waals surface area contributed by atoms with E-state index >= 15 is 0 Å². The minimum absolute atomic E-state index is 0.0988. The molecule has 1 saturated carbocycles. The quantitative estimate of drug-likeness (QED) is 0.120. The first-order chi connectivity index (χ1) is 18.7. The molecule has 4 aliphatic rings. The van der Waals surface area contributed by atoms with Gasteiger partial charge in [-0.05, 0) is 31.8 Å². The number of carbonyl (C=O) groups excluding carboxylic acids is 4. The van der Waals surface area contributed by atoms with Crippen molar-refractivity contribution in [2.45, 2.75) is 122 Å². The number of esters is 4. The predicted molar refractivity (Wildman–Crippen MR) is 135 cm³/mol. The van der Waals surface area contributed by atoms with Crippen molar-refractivity contribution < 1.29 is 58.1 Å². The molecule has 0 aromatic heterocycles. The zero-order valence-corrected chi connectivity index (χ0v) is 24.0. The highest BCUT2D eigenvalue weighted by atomic mass is 17.1. The van der Waals surface area contributed by atoms with Crippen LogP contribution in [0.3, 0.4) is 0 Å². The lowest BCUT2D eigenvalue weighted by Crippen LogP contribution is -2.66. The maximum atomic E-state index is 13.0. The van der Waals surface area contributed by atoms with Crippen molar-refractivity contribution >= 4 is 23.9 Å². The first-order valence-electron chi connectivity index (χ1n) is 13.8. The highest BCUT2D eigenvalue weighted by Gasteiger charge is 2.87. The number of carbonyl (C=O) groups is 4. The van der Waals surface area contributed by atoms with Crippen molar-refractivity contribution in [3.63, 3.8) is 0 Å². The Balaban J connectivity index is 1.94. The zero-order valence-electron chi connectivity index (χ0n) is 24.0. The Morgan fingerprint density at radius 2 is 1.73 bits per heavy atom. The molecule has 11 atom stereocenters. The lowest BCUT2D eigenvalue weighted by Gasteiger charge is -2.56. The molecule has 2 aliphatic carbocycles. The largest absolute Gasteiger partial charge is 0.462 e. The van der Waals surface area contributed by atoms with Crippen molar-refractivity contribution in [2.24, 2.45) is 17.3 Å². The number of hydrogen-bond donors (Lipinski definition) is 2. The van der Waals surface area contributed by atoms with E-state index in [1.807, 2.05) is 6.92 Å². The monoisotopic (exact) mass is 568 g/mol. The maximum Gasteiger partial charge on any atom is 0.341 e. The zero-order chi connectivity index (χ0) is 29.8. The second-order valence-corrected chi connectivity index (χ2v) is 11.9. The molecule has 0 bridgehead atoms. The Kier molecular flexibility index (Phi) is 8.14. The first-order valence-corrected chi connectivity index (χ1v) is 13.8. The first kappa shape index (κ1) is 30.4. The second kappa shape index (κ2) is 10.7. The van der Waals surface area contributed by atoms with E-state index in [1.54, 1.807) is 26.8 Å². The highest BCUT2D eigenvalue weighted by molar-refractivity contribution is 5.88. The van der Waals surface area contributed by atoms with Gasteiger partial charge in [0.2, 0.25) is 0 Å². The molecule has 224 valence electrons. The molecule has 1 spiro atoms. The molecule has 2 N–H and O–H groups in total. The van der Waals surface area contributed by atoms with Crippen molar-refractivity contribution in [1.82, 2.24) is 0 Å². The molecule has 3 fully saturated rings. The van der Waals surface area contributed by atoms with Crippen molar-refractivity contribution in [3.05, 3.63) is 11.6 Å². The third kappa shape index (κ3) is 4.53. The summed E-state index contributed by atoms with van der Waals surface area (Å²) in [5.41, 5.74) is -4.02. The minimum atomic E-state index is -1.67. The molecule has 4 rings (SSSR count). The lowest BCUT2D eigenvalue weighted by atomic mass is 9.53. The fraction of sp³-hybridized carbons (Fsp3) is 0.786. The molecular weight excluding hydrogens is 528 g/mol. The van der Waals surface area contributed by atoms with E-state index in [9.17, 15) is 29.5 Å². The van der Waals surface area contributed by atoms with Crippen LogP contribution < -0.4 is 0 Å². The Bertz CT molecular complexity index is 1090. The maximum absolute atomic E-state index is 13.0. The highest BCUT2D eigenvalue weighted by Crippen LogP contribution is 2.65. The Hall–Kier alpha value is -2.54. The van der Waals surface area contributed by atoms with Gasteiger partial charge in [-0.3, -0.25) is 19.6 Å². The molecular formula is C28H40O12. The van der Waals surface area contributed by atoms with Gasteiger partial charge in [0, 0.05) is 44.4 Å². The summed E-state index contributed by atoms with van der Waals surface area (Å²) in [6.45, 7) is 11.0. The molecule has 0 unspecified atom stereocenters. The smallest absolute Gasteiger partial charge is 0.341 e. The van der Waals surface area contributed by atoms with Gasteiger partial charge in [-0.1, -0.05) is 26.8 Å². The van der Waals surface area contributed by atoms with Gasteiger partial charge in [0.05, 0.1) is 6.10 Å². The van der Waals surface area contributed by atoms with Gasteiger partial charge in [-0.25, -0.2) is 9.68 Å². The van der Waals surface area contributed by atoms with E-state index < -0.39 is 89.0 Å². The van der Waals surface area contributed by atoms with Crippen LogP contribution in [-0.4, -0.2) is 82.1 Å². The van der Waals surface area contributed by atoms with Gasteiger partial charge in [0.15, 0.2) is 23.4 Å². The number of ether oxygens (including phenoxy) is 5. The summed E-state index contributed by atoms with van der Waals surface area (Å²) >= 11 is 0. The lowest BCUT2D eigenvalue weighted by molar-refractivity contribution is -0.297. The Morgan fingerprint density at radius 3 is 2.27 bits per heavy atom. The number of rotatable bonds is 6. The van der Waals surface area contributed by atoms with Crippen LogP contribution in [0.2, 0.25) is 0 Å². The summed E-state index contributed by atoms with van der Waals surface area (Å²) in [5.74, 6) is -3.86. The number of fused-ring (bicyclic) bond motifs is 1. The van der Waals surface area contributed by atoms with Crippen molar-refractivity contribution in [3.8, 4) is 0 Å². The second-order valence-electron chi connectivity index (χ2n) is 11.9. The molecule has 0 radical (unpaired) electrons. The van der Waals surface area contributed by atoms with Crippen LogP contribution in [0.15, 0.2) is 11.6 Å². The van der Waals surface area contributed by atoms with E-state index in [-0.39, 0.29) is 19.3 Å². The van der Waals surface area contributed by atoms with Crippen molar-refractivity contribution in [2.75, 3.05) is 0 Å². The number of hydrogen-bond acceptors (Lipinski definition) is 12. The summed E-state index contributed by atoms with van der Waals surface area (Å²) in [4.78, 5) is 55.1. The van der Waals surface area contributed by atoms with Crippen LogP contribution in [-0.2, 0) is 47.8 Å². The Labute approximate surface area is 233 Å². The fourth-order valence-electron chi connectivity index (χ4n) is 7.34. The Morgan fingerprint density at radius 1 is 1.10 bits per heavy atom. The van der Waals surface area contributed by atoms with Gasteiger partial charge >= 0.3 is 23.9 Å². The molecule has 12 heteroatoms. The summed E-state index contributed by atoms with van der Waals surface area (Å²) in [6.07, 6.45) is -3.95. The standard InChI is InChI=1S/C28H40O12/c1-8-9-20(31)37-17-12-19(36-16(5)30)26(6)18(35-15(4)29)11-10-13(2)22(39-34)24-28(23(32)21(26)14(17)3)27(7,40-28)25(33)38-24/h10,14,17-19,21-24,32,34H,8-9,11-12H2,1-7H3/b13-10-/t14-,17-,18-,19-,21+,22-,23-,24-,26-,27-,28+/m0/s1. The van der Waals surface area contributed by atoms with Crippen molar-refractivity contribution in [1.29, 1.82) is 0 Å². The number of aliphatic hydroxyl groups excluding tert-OH is 1. The topological polar surface area (TPSA) is 167 Å². The van der Waals surface area contributed by atoms with E-state index in [0.29, 0.717) is 12.0 Å². The van der Waals surface area contributed by atoms with Crippen LogP contribution >= 0.6 is 0 Å². The number of epoxide rings is 1. The van der Waals surface area contributed by atoms with Gasteiger partial charge in [-0.2, -0.15) is 0 Å². The summed E-state index contributed by atoms with van der Waals surface area (Å²) < 4.78 is 29.2. The summed E-state index contributed by atoms with van der Waals surface area (Å²) in [6, 6.07) is 0. The van der Waals surface area contributed by atoms with Crippen LogP contribution in [0.25, 0.3) is 0 Å². The minimum Gasteiger partial charge on any atom is -0.462 e. The van der Waals surface area contributed by atoms with E-state index in [2.05, 4.69) is 0 Å². The predicted octanol–water partition coefficient (Wildman–Crippen LogP) is 2.25. The van der Waals surface area contributed by atoms with Gasteiger partial charge in [0.1, 0.15) is 18.3 Å². The molecule has 2 saturated heterocycles. The van der Waals surface area contributed by atoms with Gasteiger partial charge in [-0.15, -0.1) is 0 Å².